The van der Waals surface area contributed by atoms with E-state index < -0.39 is 18.1 Å². The van der Waals surface area contributed by atoms with Gasteiger partial charge in [0.25, 0.3) is 0 Å². The Morgan fingerprint density at radius 2 is 1.65 bits per heavy atom. The lowest BCUT2D eigenvalue weighted by Crippen LogP contribution is -2.65. The Morgan fingerprint density at radius 3 is 2.23 bits per heavy atom. The Bertz CT molecular complexity index is 786. The topological polar surface area (TPSA) is 68.8 Å². The van der Waals surface area contributed by atoms with Crippen molar-refractivity contribution >= 4 is 11.7 Å². The van der Waals surface area contributed by atoms with E-state index in [2.05, 4.69) is 5.32 Å². The molecule has 138 valence electrons. The average molecular weight is 368 g/mol. The molecule has 0 saturated heterocycles. The van der Waals surface area contributed by atoms with Crippen molar-refractivity contribution in [2.75, 3.05) is 11.9 Å². The van der Waals surface area contributed by atoms with Crippen LogP contribution in [0.4, 0.5) is 23.7 Å². The molecule has 2 N–H and O–H groups in total. The monoisotopic (exact) mass is 368 g/mol. The number of rotatable bonds is 4. The zero-order valence-electron chi connectivity index (χ0n) is 13.6. The number of para-hydroxylation sites is 4. The van der Waals surface area contributed by atoms with Crippen LogP contribution in [0, 0.1) is 0 Å². The van der Waals surface area contributed by atoms with Gasteiger partial charge in [-0.05, 0) is 31.2 Å². The lowest BCUT2D eigenvalue weighted by Gasteiger charge is -2.29. The SMILES string of the molecule is CCOc1ccccc1NC(=O)NC1(C(F)(F)F)Oc2ccccc2O1. The normalized spacial score (nSPS) is 14.6. The quantitative estimate of drug-likeness (QED) is 0.859. The maximum atomic E-state index is 13.6. The second kappa shape index (κ2) is 6.66. The third-order valence-electron chi connectivity index (χ3n) is 3.44. The van der Waals surface area contributed by atoms with Crippen molar-refractivity contribution in [2.45, 2.75) is 19.0 Å². The molecule has 26 heavy (non-hydrogen) atoms. The fraction of sp³-hybridized carbons (Fsp3) is 0.235. The molecule has 9 heteroatoms. The highest BCUT2D eigenvalue weighted by atomic mass is 19.4. The van der Waals surface area contributed by atoms with Crippen LogP contribution in [0.3, 0.4) is 0 Å². The van der Waals surface area contributed by atoms with Crippen LogP contribution in [-0.2, 0) is 0 Å². The van der Waals surface area contributed by atoms with Crippen LogP contribution in [0.5, 0.6) is 17.2 Å². The summed E-state index contributed by atoms with van der Waals surface area (Å²) in [5.41, 5.74) is 0.208. The van der Waals surface area contributed by atoms with Gasteiger partial charge in [-0.2, -0.15) is 13.2 Å². The van der Waals surface area contributed by atoms with Crippen molar-refractivity contribution < 1.29 is 32.2 Å². The summed E-state index contributed by atoms with van der Waals surface area (Å²) in [6.45, 7) is 2.07. The Balaban J connectivity index is 1.80. The van der Waals surface area contributed by atoms with E-state index in [0.29, 0.717) is 12.4 Å². The van der Waals surface area contributed by atoms with Gasteiger partial charge in [0.2, 0.25) is 0 Å². The van der Waals surface area contributed by atoms with E-state index in [1.54, 1.807) is 30.4 Å². The predicted octanol–water partition coefficient (Wildman–Crippen LogP) is 3.89. The number of alkyl halides is 3. The van der Waals surface area contributed by atoms with Gasteiger partial charge in [-0.15, -0.1) is 0 Å². The highest BCUT2D eigenvalue weighted by Gasteiger charge is 2.65. The van der Waals surface area contributed by atoms with E-state index in [1.165, 1.54) is 30.3 Å². The van der Waals surface area contributed by atoms with Crippen molar-refractivity contribution in [3.8, 4) is 17.2 Å². The van der Waals surface area contributed by atoms with Gasteiger partial charge in [-0.3, -0.25) is 5.32 Å². The number of carbonyl (C=O) groups is 1. The number of nitrogens with one attached hydrogen (secondary N) is 2. The van der Waals surface area contributed by atoms with Crippen LogP contribution in [-0.4, -0.2) is 24.7 Å². The lowest BCUT2D eigenvalue weighted by atomic mass is 10.3. The van der Waals surface area contributed by atoms with E-state index in [1.807, 2.05) is 0 Å². The van der Waals surface area contributed by atoms with Crippen LogP contribution in [0.15, 0.2) is 48.5 Å². The minimum Gasteiger partial charge on any atom is -0.492 e. The Labute approximate surface area is 146 Å². The zero-order valence-corrected chi connectivity index (χ0v) is 13.6. The molecule has 0 spiro atoms. The summed E-state index contributed by atoms with van der Waals surface area (Å²) in [6.07, 6.45) is -5.03. The van der Waals surface area contributed by atoms with Crippen LogP contribution < -0.4 is 24.8 Å². The predicted molar refractivity (Wildman–Crippen MR) is 86.2 cm³/mol. The number of halogens is 3. The summed E-state index contributed by atoms with van der Waals surface area (Å²) < 4.78 is 55.8. The lowest BCUT2D eigenvalue weighted by molar-refractivity contribution is -0.317. The number of ether oxygens (including phenoxy) is 3. The second-order valence-electron chi connectivity index (χ2n) is 5.27. The molecule has 1 aliphatic rings. The molecule has 1 heterocycles. The molecule has 0 aliphatic carbocycles. The first-order valence-corrected chi connectivity index (χ1v) is 7.69. The molecule has 0 aromatic heterocycles. The maximum absolute atomic E-state index is 13.6. The number of hydrogen-bond acceptors (Lipinski definition) is 4. The summed E-state index contributed by atoms with van der Waals surface area (Å²) in [5.74, 6) is -3.25. The van der Waals surface area contributed by atoms with Crippen molar-refractivity contribution in [1.82, 2.24) is 5.32 Å². The van der Waals surface area contributed by atoms with Gasteiger partial charge >= 0.3 is 18.1 Å². The van der Waals surface area contributed by atoms with E-state index >= 15 is 0 Å². The summed E-state index contributed by atoms with van der Waals surface area (Å²) in [4.78, 5) is 12.2. The molecule has 3 rings (SSSR count). The maximum Gasteiger partial charge on any atom is 0.492 e. The van der Waals surface area contributed by atoms with Gasteiger partial charge in [0.05, 0.1) is 12.3 Å². The van der Waals surface area contributed by atoms with Crippen molar-refractivity contribution in [3.05, 3.63) is 48.5 Å². The van der Waals surface area contributed by atoms with E-state index in [-0.39, 0.29) is 17.2 Å². The van der Waals surface area contributed by atoms with E-state index in [9.17, 15) is 18.0 Å². The molecule has 0 atom stereocenters. The number of urea groups is 1. The minimum atomic E-state index is -5.03. The molecule has 2 amide bonds. The Kier molecular flexibility index (Phi) is 4.54. The van der Waals surface area contributed by atoms with Gasteiger partial charge in [0, 0.05) is 0 Å². The number of benzene rings is 2. The molecule has 0 fully saturated rings. The number of carbonyl (C=O) groups excluding carboxylic acids is 1. The van der Waals surface area contributed by atoms with Crippen LogP contribution >= 0.6 is 0 Å². The molecule has 0 radical (unpaired) electrons. The molecule has 0 unspecified atom stereocenters. The third-order valence-corrected chi connectivity index (χ3v) is 3.44. The van der Waals surface area contributed by atoms with Gasteiger partial charge < -0.3 is 19.5 Å². The fourth-order valence-corrected chi connectivity index (χ4v) is 2.34. The average Bonchev–Trinajstić information content (AvgIpc) is 2.96. The first kappa shape index (κ1) is 17.7. The van der Waals surface area contributed by atoms with Crippen LogP contribution in [0.2, 0.25) is 0 Å². The van der Waals surface area contributed by atoms with Crippen molar-refractivity contribution in [3.63, 3.8) is 0 Å². The first-order valence-electron chi connectivity index (χ1n) is 7.69. The second-order valence-corrected chi connectivity index (χ2v) is 5.27. The van der Waals surface area contributed by atoms with Crippen LogP contribution in [0.25, 0.3) is 0 Å². The van der Waals surface area contributed by atoms with Crippen molar-refractivity contribution in [1.29, 1.82) is 0 Å². The van der Waals surface area contributed by atoms with Gasteiger partial charge in [0.15, 0.2) is 11.5 Å². The Morgan fingerprint density at radius 1 is 1.08 bits per heavy atom. The largest absolute Gasteiger partial charge is 0.492 e. The molecule has 0 saturated carbocycles. The standard InChI is InChI=1S/C17H15F3N2O4/c1-2-24-12-8-4-3-7-11(12)21-15(23)22-17(16(18,19)20)25-13-9-5-6-10-14(13)26-17/h3-10H,2H2,1H3,(H2,21,22,23). The van der Waals surface area contributed by atoms with Gasteiger partial charge in [-0.1, -0.05) is 24.3 Å². The van der Waals surface area contributed by atoms with Gasteiger partial charge in [-0.25, -0.2) is 4.79 Å². The summed E-state index contributed by atoms with van der Waals surface area (Å²) >= 11 is 0. The molecule has 0 bridgehead atoms. The molecule has 2 aromatic rings. The van der Waals surface area contributed by atoms with Gasteiger partial charge in [0.1, 0.15) is 5.75 Å². The third kappa shape index (κ3) is 3.32. The minimum absolute atomic E-state index is 0.125. The number of anilines is 1. The fourth-order valence-electron chi connectivity index (χ4n) is 2.34. The van der Waals surface area contributed by atoms with Crippen molar-refractivity contribution in [2.24, 2.45) is 0 Å². The number of hydrogen-bond donors (Lipinski definition) is 2. The zero-order chi connectivity index (χ0) is 18.8. The summed E-state index contributed by atoms with van der Waals surface area (Å²) in [6, 6.07) is 10.8. The smallest absolute Gasteiger partial charge is 0.492 e. The van der Waals surface area contributed by atoms with Crippen LogP contribution in [0.1, 0.15) is 6.92 Å². The number of amides is 2. The first-order chi connectivity index (χ1) is 12.3. The molecular weight excluding hydrogens is 353 g/mol. The summed E-state index contributed by atoms with van der Waals surface area (Å²) in [5, 5.41) is 4.03. The van der Waals surface area contributed by atoms with E-state index in [0.717, 1.165) is 0 Å². The summed E-state index contributed by atoms with van der Waals surface area (Å²) in [7, 11) is 0. The molecule has 1 aliphatic heterocycles. The van der Waals surface area contributed by atoms with E-state index in [4.69, 9.17) is 14.2 Å². The molecule has 6 nitrogen and oxygen atoms in total. The number of fused-ring (bicyclic) bond motifs is 1. The Hall–Kier alpha value is -3.10. The molecular formula is C17H15F3N2O4. The molecule has 2 aromatic carbocycles. The highest BCUT2D eigenvalue weighted by Crippen LogP contribution is 2.44. The highest BCUT2D eigenvalue weighted by molar-refractivity contribution is 5.91.